The van der Waals surface area contributed by atoms with E-state index < -0.39 is 0 Å². The number of rotatable bonds is 2. The Morgan fingerprint density at radius 1 is 1.33 bits per heavy atom. The first-order valence-corrected chi connectivity index (χ1v) is 5.50. The molecule has 1 aromatic carbocycles. The number of aromatic nitrogens is 2. The van der Waals surface area contributed by atoms with Gasteiger partial charge in [-0.05, 0) is 19.1 Å². The van der Waals surface area contributed by atoms with Gasteiger partial charge in [0, 0.05) is 11.3 Å². The highest BCUT2D eigenvalue weighted by molar-refractivity contribution is 6.33. The number of H-pyrrole nitrogens is 1. The minimum Gasteiger partial charge on any atom is -0.342 e. The molecule has 4 heteroatoms. The third-order valence-corrected chi connectivity index (χ3v) is 2.82. The van der Waals surface area contributed by atoms with Crippen molar-refractivity contribution in [1.29, 1.82) is 0 Å². The Bertz CT molecular complexity index is 477. The average Bonchev–Trinajstić information content (AvgIpc) is 2.60. The van der Waals surface area contributed by atoms with Crippen molar-refractivity contribution < 1.29 is 0 Å². The molecule has 1 heterocycles. The third-order valence-electron chi connectivity index (χ3n) is 2.24. The van der Waals surface area contributed by atoms with Gasteiger partial charge in [-0.15, -0.1) is 11.6 Å². The Morgan fingerprint density at radius 2 is 2.07 bits per heavy atom. The van der Waals surface area contributed by atoms with E-state index >= 15 is 0 Å². The molecule has 15 heavy (non-hydrogen) atoms. The second-order valence-electron chi connectivity index (χ2n) is 3.27. The molecule has 0 fully saturated rings. The number of benzene rings is 1. The molecule has 78 valence electrons. The molecule has 0 amide bonds. The summed E-state index contributed by atoms with van der Waals surface area (Å²) in [5.74, 6) is 1.18. The van der Waals surface area contributed by atoms with Crippen LogP contribution in [0, 0.1) is 6.92 Å². The zero-order valence-corrected chi connectivity index (χ0v) is 9.73. The van der Waals surface area contributed by atoms with Gasteiger partial charge in [-0.2, -0.15) is 0 Å². The van der Waals surface area contributed by atoms with E-state index in [0.29, 0.717) is 10.9 Å². The van der Waals surface area contributed by atoms with Crippen LogP contribution in [0.25, 0.3) is 11.4 Å². The van der Waals surface area contributed by atoms with Crippen molar-refractivity contribution in [2.24, 2.45) is 0 Å². The second-order valence-corrected chi connectivity index (χ2v) is 3.95. The number of alkyl halides is 1. The van der Waals surface area contributed by atoms with Crippen molar-refractivity contribution in [2.45, 2.75) is 12.8 Å². The number of aryl methyl sites for hydroxylation is 1. The van der Waals surface area contributed by atoms with Gasteiger partial charge in [0.15, 0.2) is 0 Å². The fraction of sp³-hybridized carbons (Fsp3) is 0.182. The predicted octanol–water partition coefficient (Wildman–Crippen LogP) is 3.78. The molecule has 0 spiro atoms. The number of hydrogen-bond donors (Lipinski definition) is 1. The van der Waals surface area contributed by atoms with Crippen LogP contribution in [0.1, 0.15) is 11.4 Å². The van der Waals surface area contributed by atoms with E-state index in [1.807, 2.05) is 31.2 Å². The molecule has 0 radical (unpaired) electrons. The molecular weight excluding hydrogens is 231 g/mol. The van der Waals surface area contributed by atoms with Crippen LogP contribution in [0.5, 0.6) is 0 Å². The topological polar surface area (TPSA) is 28.7 Å². The van der Waals surface area contributed by atoms with Gasteiger partial charge in [-0.1, -0.05) is 23.7 Å². The fourth-order valence-electron chi connectivity index (χ4n) is 1.41. The van der Waals surface area contributed by atoms with Crippen LogP contribution in [0.15, 0.2) is 24.3 Å². The molecule has 1 aromatic heterocycles. The Kier molecular flexibility index (Phi) is 2.98. The molecule has 0 bridgehead atoms. The average molecular weight is 241 g/mol. The highest BCUT2D eigenvalue weighted by atomic mass is 35.5. The van der Waals surface area contributed by atoms with Crippen molar-refractivity contribution >= 4 is 23.2 Å². The summed E-state index contributed by atoms with van der Waals surface area (Å²) in [6.45, 7) is 1.95. The van der Waals surface area contributed by atoms with E-state index in [9.17, 15) is 0 Å². The molecule has 1 N–H and O–H groups in total. The molecule has 0 saturated heterocycles. The smallest absolute Gasteiger partial charge is 0.139 e. The largest absolute Gasteiger partial charge is 0.342 e. The summed E-state index contributed by atoms with van der Waals surface area (Å²) in [6, 6.07) is 7.59. The van der Waals surface area contributed by atoms with Crippen LogP contribution in [0.3, 0.4) is 0 Å². The zero-order valence-electron chi connectivity index (χ0n) is 8.22. The van der Waals surface area contributed by atoms with Crippen LogP contribution in [-0.2, 0) is 5.88 Å². The molecule has 0 aliphatic heterocycles. The summed E-state index contributed by atoms with van der Waals surface area (Å²) in [5.41, 5.74) is 2.75. The molecule has 2 rings (SSSR count). The van der Waals surface area contributed by atoms with Gasteiger partial charge >= 0.3 is 0 Å². The Labute approximate surface area is 98.3 Å². The molecular formula is C11H10Cl2N2. The highest BCUT2D eigenvalue weighted by Crippen LogP contribution is 2.26. The first-order chi connectivity index (χ1) is 7.22. The first kappa shape index (κ1) is 10.5. The maximum Gasteiger partial charge on any atom is 0.139 e. The number of nitrogens with zero attached hydrogens (tertiary/aromatic N) is 1. The lowest BCUT2D eigenvalue weighted by Crippen LogP contribution is -1.82. The fourth-order valence-corrected chi connectivity index (χ4v) is 1.89. The summed E-state index contributed by atoms with van der Waals surface area (Å²) < 4.78 is 0. The van der Waals surface area contributed by atoms with Crippen molar-refractivity contribution in [1.82, 2.24) is 9.97 Å². The molecule has 2 aromatic rings. The van der Waals surface area contributed by atoms with Gasteiger partial charge in [0.1, 0.15) is 5.82 Å². The van der Waals surface area contributed by atoms with Crippen LogP contribution in [0.2, 0.25) is 5.02 Å². The number of hydrogen-bond acceptors (Lipinski definition) is 1. The molecule has 0 saturated carbocycles. The number of aromatic amines is 1. The summed E-state index contributed by atoms with van der Waals surface area (Å²) in [7, 11) is 0. The lowest BCUT2D eigenvalue weighted by atomic mass is 10.2. The molecule has 0 unspecified atom stereocenters. The van der Waals surface area contributed by atoms with E-state index in [-0.39, 0.29) is 0 Å². The SMILES string of the molecule is Cc1[nH]c(-c2ccccc2Cl)nc1CCl. The van der Waals surface area contributed by atoms with E-state index in [1.54, 1.807) is 0 Å². The molecule has 0 atom stereocenters. The van der Waals surface area contributed by atoms with E-state index in [2.05, 4.69) is 9.97 Å². The standard InChI is InChI=1S/C11H10Cl2N2/c1-7-10(6-12)15-11(14-7)8-4-2-3-5-9(8)13/h2-5H,6H2,1H3,(H,14,15). The van der Waals surface area contributed by atoms with Gasteiger partial charge in [-0.25, -0.2) is 4.98 Å². The summed E-state index contributed by atoms with van der Waals surface area (Å²) in [4.78, 5) is 7.56. The van der Waals surface area contributed by atoms with Crippen molar-refractivity contribution in [3.05, 3.63) is 40.7 Å². The van der Waals surface area contributed by atoms with Gasteiger partial charge in [0.2, 0.25) is 0 Å². The minimum atomic E-state index is 0.410. The zero-order chi connectivity index (χ0) is 10.8. The lowest BCUT2D eigenvalue weighted by Gasteiger charge is -1.98. The van der Waals surface area contributed by atoms with Gasteiger partial charge in [0.25, 0.3) is 0 Å². The Hall–Kier alpha value is -0.990. The maximum atomic E-state index is 6.07. The monoisotopic (exact) mass is 240 g/mol. The van der Waals surface area contributed by atoms with E-state index in [0.717, 1.165) is 22.8 Å². The Balaban J connectivity index is 2.50. The van der Waals surface area contributed by atoms with Gasteiger partial charge in [-0.3, -0.25) is 0 Å². The normalized spacial score (nSPS) is 10.6. The molecule has 0 aliphatic carbocycles. The van der Waals surface area contributed by atoms with Crippen molar-refractivity contribution in [3.63, 3.8) is 0 Å². The third kappa shape index (κ3) is 2.01. The molecule has 0 aliphatic rings. The predicted molar refractivity (Wildman–Crippen MR) is 63.3 cm³/mol. The summed E-state index contributed by atoms with van der Waals surface area (Å²) in [5, 5.41) is 0.687. The van der Waals surface area contributed by atoms with Gasteiger partial charge in [0.05, 0.1) is 16.6 Å². The summed E-state index contributed by atoms with van der Waals surface area (Å²) in [6.07, 6.45) is 0. The van der Waals surface area contributed by atoms with Crippen molar-refractivity contribution in [2.75, 3.05) is 0 Å². The van der Waals surface area contributed by atoms with E-state index in [4.69, 9.17) is 23.2 Å². The van der Waals surface area contributed by atoms with Crippen LogP contribution in [-0.4, -0.2) is 9.97 Å². The second kappa shape index (κ2) is 4.25. The Morgan fingerprint density at radius 3 is 2.67 bits per heavy atom. The van der Waals surface area contributed by atoms with Crippen LogP contribution < -0.4 is 0 Å². The lowest BCUT2D eigenvalue weighted by molar-refractivity contribution is 1.18. The summed E-state index contributed by atoms with van der Waals surface area (Å²) >= 11 is 11.8. The number of halogens is 2. The number of imidazole rings is 1. The molecule has 2 nitrogen and oxygen atoms in total. The number of nitrogens with one attached hydrogen (secondary N) is 1. The van der Waals surface area contributed by atoms with Crippen LogP contribution in [0.4, 0.5) is 0 Å². The first-order valence-electron chi connectivity index (χ1n) is 4.58. The van der Waals surface area contributed by atoms with E-state index in [1.165, 1.54) is 0 Å². The quantitative estimate of drug-likeness (QED) is 0.796. The minimum absolute atomic E-state index is 0.410. The van der Waals surface area contributed by atoms with Gasteiger partial charge < -0.3 is 4.98 Å². The highest BCUT2D eigenvalue weighted by Gasteiger charge is 2.09. The van der Waals surface area contributed by atoms with Crippen LogP contribution >= 0.6 is 23.2 Å². The van der Waals surface area contributed by atoms with Crippen molar-refractivity contribution in [3.8, 4) is 11.4 Å². The maximum absolute atomic E-state index is 6.07.